The molecule has 124 heavy (non-hydrogen) atoms. The van der Waals surface area contributed by atoms with E-state index >= 15 is 0 Å². The first-order valence-corrected chi connectivity index (χ1v) is 39.3. The molecule has 0 saturated heterocycles. The van der Waals surface area contributed by atoms with Gasteiger partial charge in [-0.25, -0.2) is 27.9 Å². The number of ether oxygens (including phenoxy) is 1. The summed E-state index contributed by atoms with van der Waals surface area (Å²) in [5.41, 5.74) is 6.72. The topological polar surface area (TPSA) is 610 Å². The van der Waals surface area contributed by atoms with Crippen LogP contribution in [0.15, 0.2) is 132 Å². The lowest BCUT2D eigenvalue weighted by atomic mass is 9.88. The zero-order valence-corrected chi connectivity index (χ0v) is 68.2. The number of hydrogen-bond donors (Lipinski definition) is 6. The smallest absolute Gasteiger partial charge is 0.341 e. The number of anilines is 6. The third kappa shape index (κ3) is 22.7. The molecule has 2 aliphatic rings. The zero-order chi connectivity index (χ0) is 89.3. The van der Waals surface area contributed by atoms with Gasteiger partial charge in [0.2, 0.25) is 51.2 Å². The summed E-state index contributed by atoms with van der Waals surface area (Å²) in [4.78, 5) is 130. The van der Waals surface area contributed by atoms with Gasteiger partial charge in [0.15, 0.2) is 27.6 Å². The van der Waals surface area contributed by atoms with Gasteiger partial charge in [0.05, 0.1) is 70.9 Å². The second kappa shape index (κ2) is 43.0. The number of amides is 5. The summed E-state index contributed by atoms with van der Waals surface area (Å²) >= 11 is 0. The highest BCUT2D eigenvalue weighted by atomic mass is 16.7. The van der Waals surface area contributed by atoms with E-state index in [1.54, 1.807) is 50.4 Å². The van der Waals surface area contributed by atoms with E-state index < -0.39 is 24.6 Å². The Labute approximate surface area is 701 Å². The number of hydrogen-bond acceptors (Lipinski definition) is 35. The molecule has 0 spiro atoms. The number of aryl methyl sites for hydroxylation is 2. The molecule has 13 aromatic rings. The van der Waals surface area contributed by atoms with E-state index in [1.807, 2.05) is 13.8 Å². The second-order valence-corrected chi connectivity index (χ2v) is 28.4. The molecule has 6 N–H and O–H groups in total. The van der Waals surface area contributed by atoms with Crippen molar-refractivity contribution >= 4 is 164 Å². The molecule has 0 bridgehead atoms. The molecule has 2 aliphatic carbocycles. The molecule has 6 aromatic heterocycles. The highest BCUT2D eigenvalue weighted by Crippen LogP contribution is 2.37. The maximum absolute atomic E-state index is 12.4. The van der Waals surface area contributed by atoms with Gasteiger partial charge >= 0.3 is 34.4 Å². The van der Waals surface area contributed by atoms with E-state index in [1.165, 1.54) is 67.1 Å². The maximum atomic E-state index is 12.4. The van der Waals surface area contributed by atoms with Crippen LogP contribution in [0.1, 0.15) is 150 Å². The van der Waals surface area contributed by atoms with Gasteiger partial charge in [0, 0.05) is 78.2 Å². The molecule has 5 amide bonds. The summed E-state index contributed by atoms with van der Waals surface area (Å²) in [7, 11) is 0. The number of benzene rings is 7. The van der Waals surface area contributed by atoms with Crippen LogP contribution in [0.3, 0.4) is 0 Å². The number of rotatable bonds is 25. The van der Waals surface area contributed by atoms with Gasteiger partial charge in [-0.1, -0.05) is 96.6 Å². The highest BCUT2D eigenvalue weighted by molar-refractivity contribution is 6.10. The SMILES string of the molecule is CC(C)C(=O)Nc1ccc([N+](=O)[O-])c2nonc12.CCCC(=O)Nc1ccc([N+](=O)[O-])c2nonc12.CCOC(=O)c1cnc2c(C)cc(C)cc2c1NCCCN(CC)CC.O=C(Nc1ccc([N+](=O)[O-])c2nonc12)C1CCCC1.O=C(Nc1ccc([N+](=O)[O-])c2nonc12)C1CCCCC1.O=C(Nc1ccc([N+](=O)[O-])c2nonc12)c1ccccc1. The number of aromatic nitrogens is 11. The lowest BCUT2D eigenvalue weighted by Crippen LogP contribution is -2.25. The molecular weight excluding hydrogens is 1620 g/mol. The van der Waals surface area contributed by atoms with Gasteiger partial charge in [-0.05, 0) is 185 Å². The van der Waals surface area contributed by atoms with E-state index in [-0.39, 0.29) is 137 Å². The van der Waals surface area contributed by atoms with Crippen molar-refractivity contribution in [3.8, 4) is 0 Å². The van der Waals surface area contributed by atoms with Gasteiger partial charge < -0.3 is 41.5 Å². The number of carbonyl (C=O) groups is 6. The molecule has 0 radical (unpaired) electrons. The Morgan fingerprint density at radius 2 is 0.855 bits per heavy atom. The monoisotopic (exact) mass is 1710 g/mol. The third-order valence-corrected chi connectivity index (χ3v) is 19.6. The Kier molecular flexibility index (Phi) is 31.5. The van der Waals surface area contributed by atoms with Crippen molar-refractivity contribution in [2.45, 2.75) is 132 Å². The average molecular weight is 1710 g/mol. The summed E-state index contributed by atoms with van der Waals surface area (Å²) in [6, 6.07) is 26.2. The van der Waals surface area contributed by atoms with Crippen molar-refractivity contribution in [2.75, 3.05) is 64.7 Å². The Bertz CT molecular complexity index is 6050. The predicted octanol–water partition coefficient (Wildman–Crippen LogP) is 15.1. The lowest BCUT2D eigenvalue weighted by Gasteiger charge is -2.20. The highest BCUT2D eigenvalue weighted by Gasteiger charge is 2.30. The van der Waals surface area contributed by atoms with Crippen LogP contribution < -0.4 is 31.9 Å². The first-order valence-electron chi connectivity index (χ1n) is 39.3. The fourth-order valence-electron chi connectivity index (χ4n) is 13.3. The Morgan fingerprint density at radius 1 is 0.476 bits per heavy atom. The minimum Gasteiger partial charge on any atom is -0.462 e. The van der Waals surface area contributed by atoms with Gasteiger partial charge in [0.1, 0.15) is 5.56 Å². The Morgan fingerprint density at radius 3 is 1.23 bits per heavy atom. The summed E-state index contributed by atoms with van der Waals surface area (Å²) in [5.74, 6) is -1.46. The van der Waals surface area contributed by atoms with Crippen molar-refractivity contribution in [1.29, 1.82) is 0 Å². The molecule has 45 heteroatoms. The quantitative estimate of drug-likeness (QED) is 0.0134. The van der Waals surface area contributed by atoms with E-state index in [0.29, 0.717) is 59.0 Å². The van der Waals surface area contributed by atoms with Crippen LogP contribution in [-0.2, 0) is 23.9 Å². The number of nitro benzene ring substituents is 5. The van der Waals surface area contributed by atoms with Gasteiger partial charge in [-0.15, -0.1) is 0 Å². The van der Waals surface area contributed by atoms with E-state index in [0.717, 1.165) is 112 Å². The molecule has 45 nitrogen and oxygen atoms in total. The first kappa shape index (κ1) is 90.8. The van der Waals surface area contributed by atoms with Crippen molar-refractivity contribution < 1.29 is 81.3 Å². The second-order valence-electron chi connectivity index (χ2n) is 28.4. The number of nitrogens with zero attached hydrogens (tertiary/aromatic N) is 17. The van der Waals surface area contributed by atoms with Crippen LogP contribution in [0.5, 0.6) is 0 Å². The minimum absolute atomic E-state index is 0.0000946. The molecular formula is C79H85N23O22. The minimum atomic E-state index is -0.588. The number of esters is 1. The van der Waals surface area contributed by atoms with Gasteiger partial charge in [-0.2, -0.15) is 0 Å². The predicted molar refractivity (Wildman–Crippen MR) is 448 cm³/mol. The number of nitrogens with one attached hydrogen (secondary N) is 6. The molecule has 7 aromatic carbocycles. The molecule has 0 aliphatic heterocycles. The number of fused-ring (bicyclic) bond motifs is 6. The first-order chi connectivity index (χ1) is 59.6. The number of pyridine rings is 1. The van der Waals surface area contributed by atoms with E-state index in [9.17, 15) is 79.3 Å². The van der Waals surface area contributed by atoms with Crippen molar-refractivity contribution in [2.24, 2.45) is 17.8 Å². The van der Waals surface area contributed by atoms with Crippen LogP contribution in [0.25, 0.3) is 66.1 Å². The van der Waals surface area contributed by atoms with Crippen LogP contribution in [0, 0.1) is 82.2 Å². The molecule has 6 heterocycles. The van der Waals surface area contributed by atoms with Crippen LogP contribution in [0.2, 0.25) is 0 Å². The number of nitro groups is 5. The molecule has 0 atom stereocenters. The molecule has 2 saturated carbocycles. The maximum Gasteiger partial charge on any atom is 0.341 e. The van der Waals surface area contributed by atoms with Gasteiger partial charge in [0.25, 0.3) is 5.91 Å². The van der Waals surface area contributed by atoms with Gasteiger partial charge in [-0.3, -0.25) is 79.5 Å². The van der Waals surface area contributed by atoms with Crippen molar-refractivity contribution in [3.05, 3.63) is 182 Å². The fraction of sp³-hybridized carbons (Fsp3) is 0.354. The number of non-ortho nitro benzene ring substituents is 5. The molecule has 0 unspecified atom stereocenters. The number of carbonyl (C=O) groups excluding carboxylic acids is 6. The largest absolute Gasteiger partial charge is 0.462 e. The summed E-state index contributed by atoms with van der Waals surface area (Å²) in [6.07, 6.45) is 12.6. The zero-order valence-electron chi connectivity index (χ0n) is 68.2. The van der Waals surface area contributed by atoms with Crippen molar-refractivity contribution in [3.63, 3.8) is 0 Å². The van der Waals surface area contributed by atoms with E-state index in [4.69, 9.17) is 4.74 Å². The molecule has 2 fully saturated rings. The van der Waals surface area contributed by atoms with Crippen LogP contribution in [-0.4, -0.2) is 154 Å². The summed E-state index contributed by atoms with van der Waals surface area (Å²) in [6.45, 7) is 19.9. The normalized spacial score (nSPS) is 12.4. The van der Waals surface area contributed by atoms with Crippen molar-refractivity contribution in [1.82, 2.24) is 61.5 Å². The van der Waals surface area contributed by atoms with E-state index in [2.05, 4.69) is 156 Å². The van der Waals surface area contributed by atoms with Crippen LogP contribution in [0.4, 0.5) is 62.6 Å². The third-order valence-electron chi connectivity index (χ3n) is 19.6. The standard InChI is InChI=1S/C21H31N3O2.C13H14N4O4.C13H8N4O4.C12H12N4O4.2C10H10N4O4/c1-6-24(7-2)11-9-10-22-20-17-13-15(4)12-16(5)19(17)23-14-18(20)21(25)26-8-3;2*18-13(8-4-2-1-3-5-8)14-9-6-7-10(17(19)20)12-11(9)15-21-16-12;17-12(7-3-1-2-4-7)13-8-5-6-9(16(18)19)11-10(8)14-20-15-11;1-5(2)10(15)11-6-3-4-7(14(16)17)9-8(6)12-18-13-9;1-2-3-8(15)11-6-4-5-7(14(16)17)10-9(6)12-18-13-10/h12-14H,6-11H2,1-5H3,(H,22,23);6-8H,1-5H2,(H,14,18);1-7H,(H,14,18);5-7H,1-4H2,(H,13,17);3-5H,1-2H3,(H,11,15);4-5H,2-3H2,1H3,(H,11,15). The summed E-state index contributed by atoms with van der Waals surface area (Å²) < 4.78 is 27.8. The molecule has 648 valence electrons. The lowest BCUT2D eigenvalue weighted by molar-refractivity contribution is -0.383. The average Bonchev–Trinajstić information content (AvgIpc) is 1.32. The Hall–Kier alpha value is -15.5. The van der Waals surface area contributed by atoms with Crippen LogP contribution >= 0.6 is 0 Å². The summed E-state index contributed by atoms with van der Waals surface area (Å²) in [5, 5.41) is 108. The molecule has 15 rings (SSSR count). The Balaban J connectivity index is 0.000000156. The fourth-order valence-corrected chi connectivity index (χ4v) is 13.3.